The fourth-order valence-corrected chi connectivity index (χ4v) is 6.64. The number of hydrogen-bond donors (Lipinski definition) is 1. The third kappa shape index (κ3) is 4.58. The average molecular weight is 568 g/mol. The molecule has 2 aromatic carbocycles. The number of nitrogens with one attached hydrogen (secondary N) is 1. The summed E-state index contributed by atoms with van der Waals surface area (Å²) in [6.07, 6.45) is -1.28. The minimum absolute atomic E-state index is 0.0925. The third-order valence-electron chi connectivity index (χ3n) is 8.75. The van der Waals surface area contributed by atoms with Crippen LogP contribution in [-0.2, 0) is 30.2 Å². The van der Waals surface area contributed by atoms with E-state index in [1.54, 1.807) is 38.4 Å². The van der Waals surface area contributed by atoms with Gasteiger partial charge in [0.15, 0.2) is 23.6 Å². The van der Waals surface area contributed by atoms with E-state index >= 15 is 0 Å². The summed E-state index contributed by atoms with van der Waals surface area (Å²) in [6, 6.07) is 6.68. The predicted molar refractivity (Wildman–Crippen MR) is 148 cm³/mol. The van der Waals surface area contributed by atoms with Crippen LogP contribution in [0.1, 0.15) is 75.8 Å². The molecule has 5 rings (SSSR count). The Morgan fingerprint density at radius 3 is 2.12 bits per heavy atom. The highest BCUT2D eigenvalue weighted by Gasteiger charge is 2.50. The Hall–Kier alpha value is -3.15. The predicted octanol–water partition coefficient (Wildman–Crippen LogP) is 3.40. The summed E-state index contributed by atoms with van der Waals surface area (Å²) in [5, 5.41) is 3.14. The molecular formula is C31H37NO9. The van der Waals surface area contributed by atoms with Gasteiger partial charge in [-0.1, -0.05) is 31.2 Å². The van der Waals surface area contributed by atoms with E-state index in [9.17, 15) is 14.4 Å². The molecule has 1 N–H and O–H groups in total. The molecule has 0 amide bonds. The Morgan fingerprint density at radius 2 is 1.61 bits per heavy atom. The van der Waals surface area contributed by atoms with Crippen molar-refractivity contribution < 1.29 is 42.8 Å². The number of ether oxygens (including phenoxy) is 6. The van der Waals surface area contributed by atoms with Crippen molar-refractivity contribution in [3.05, 3.63) is 57.6 Å². The molecule has 1 fully saturated rings. The number of methoxy groups -OCH3 is 4. The fourth-order valence-electron chi connectivity index (χ4n) is 6.64. The second-order valence-corrected chi connectivity index (χ2v) is 10.9. The summed E-state index contributed by atoms with van der Waals surface area (Å²) in [5.41, 5.74) is 0.626. The molecule has 1 heterocycles. The highest BCUT2D eigenvalue weighted by molar-refractivity contribution is 6.30. The minimum atomic E-state index is -1.26. The molecule has 0 aromatic heterocycles. The van der Waals surface area contributed by atoms with E-state index in [0.29, 0.717) is 23.1 Å². The van der Waals surface area contributed by atoms with E-state index < -0.39 is 24.2 Å². The van der Waals surface area contributed by atoms with Crippen LogP contribution in [0.3, 0.4) is 0 Å². The third-order valence-corrected chi connectivity index (χ3v) is 8.75. The van der Waals surface area contributed by atoms with E-state index in [4.69, 9.17) is 28.4 Å². The number of carbonyl (C=O) groups is 3. The number of ketones is 3. The Kier molecular flexibility index (Phi) is 8.06. The molecule has 1 aliphatic heterocycles. The van der Waals surface area contributed by atoms with Crippen LogP contribution in [0, 0.1) is 5.92 Å². The molecule has 2 aromatic rings. The van der Waals surface area contributed by atoms with E-state index in [0.717, 1.165) is 0 Å². The monoisotopic (exact) mass is 567 g/mol. The van der Waals surface area contributed by atoms with Crippen molar-refractivity contribution in [1.82, 2.24) is 5.32 Å². The molecule has 0 saturated carbocycles. The first kappa shape index (κ1) is 29.3. The van der Waals surface area contributed by atoms with Crippen molar-refractivity contribution in [2.75, 3.05) is 35.5 Å². The highest BCUT2D eigenvalue weighted by atomic mass is 16.7. The normalized spacial score (nSPS) is 28.9. The van der Waals surface area contributed by atoms with E-state index in [2.05, 4.69) is 12.2 Å². The summed E-state index contributed by atoms with van der Waals surface area (Å²) < 4.78 is 36.2. The van der Waals surface area contributed by atoms with Crippen LogP contribution in [0.5, 0.6) is 11.5 Å². The van der Waals surface area contributed by atoms with Gasteiger partial charge in [-0.3, -0.25) is 19.7 Å². The Bertz CT molecular complexity index is 1390. The number of hydrogen-bond acceptors (Lipinski definition) is 10. The second-order valence-electron chi connectivity index (χ2n) is 10.9. The number of benzene rings is 2. The van der Waals surface area contributed by atoms with Gasteiger partial charge in [-0.15, -0.1) is 0 Å². The molecule has 10 heteroatoms. The largest absolute Gasteiger partial charge is 0.496 e. The van der Waals surface area contributed by atoms with Crippen molar-refractivity contribution in [1.29, 1.82) is 0 Å². The lowest BCUT2D eigenvalue weighted by Gasteiger charge is -2.44. The number of carbonyl (C=O) groups excluding carboxylic acids is 3. The molecular weight excluding hydrogens is 530 g/mol. The van der Waals surface area contributed by atoms with Gasteiger partial charge in [0, 0.05) is 55.7 Å². The maximum atomic E-state index is 13.9. The molecule has 220 valence electrons. The Balaban J connectivity index is 1.71. The van der Waals surface area contributed by atoms with Gasteiger partial charge in [0.2, 0.25) is 0 Å². The van der Waals surface area contributed by atoms with E-state index in [1.807, 2.05) is 0 Å². The topological polar surface area (TPSA) is 119 Å². The first-order valence-corrected chi connectivity index (χ1v) is 13.7. The van der Waals surface area contributed by atoms with E-state index in [1.165, 1.54) is 28.3 Å². The molecule has 2 aliphatic carbocycles. The zero-order valence-electron chi connectivity index (χ0n) is 24.5. The van der Waals surface area contributed by atoms with Gasteiger partial charge in [0.25, 0.3) is 0 Å². The molecule has 0 radical (unpaired) electrons. The Morgan fingerprint density at radius 1 is 1.00 bits per heavy atom. The van der Waals surface area contributed by atoms with Crippen molar-refractivity contribution in [2.45, 2.75) is 63.4 Å². The van der Waals surface area contributed by atoms with E-state index in [-0.39, 0.29) is 70.4 Å². The quantitative estimate of drug-likeness (QED) is 0.434. The van der Waals surface area contributed by atoms with Crippen LogP contribution in [0.2, 0.25) is 0 Å². The van der Waals surface area contributed by atoms with Crippen LogP contribution in [-0.4, -0.2) is 77.1 Å². The lowest BCUT2D eigenvalue weighted by molar-refractivity contribution is -0.268. The van der Waals surface area contributed by atoms with Crippen LogP contribution in [0.4, 0.5) is 0 Å². The van der Waals surface area contributed by atoms with Crippen LogP contribution in [0.15, 0.2) is 24.3 Å². The number of likely N-dealkylation sites (N-methyl/N-ethyl adjacent to an activating group) is 1. The van der Waals surface area contributed by atoms with Crippen molar-refractivity contribution in [3.63, 3.8) is 0 Å². The first-order valence-electron chi connectivity index (χ1n) is 13.7. The maximum Gasteiger partial charge on any atom is 0.198 e. The van der Waals surface area contributed by atoms with Gasteiger partial charge < -0.3 is 28.4 Å². The maximum absolute atomic E-state index is 13.9. The summed E-state index contributed by atoms with van der Waals surface area (Å²) >= 11 is 0. The summed E-state index contributed by atoms with van der Waals surface area (Å²) in [6.45, 7) is 3.53. The van der Waals surface area contributed by atoms with Gasteiger partial charge in [-0.25, -0.2) is 0 Å². The molecule has 3 aliphatic rings. The van der Waals surface area contributed by atoms with Crippen LogP contribution >= 0.6 is 0 Å². The zero-order valence-corrected chi connectivity index (χ0v) is 24.5. The molecule has 0 bridgehead atoms. The lowest BCUT2D eigenvalue weighted by Crippen LogP contribution is -2.53. The molecule has 6 atom stereocenters. The standard InChI is InChI=1S/C31H37NO9/c1-15-12-21(41-30(32-3)27(15)36-4)40-20-14-31(39-7,16(2)33)13-19-22(20)29(38-6)24-23(28(19)37-5)25(34)17-10-8-9-11-18(17)26(24)35/h8-11,15,20-21,27,30,32H,12-14H2,1-7H3/t15-,20+,21+,27-,30+,31+/m0/s1. The SMILES string of the molecule is CN[C@@H]1O[C@@H](O[C@@H]2C[C@@](OC)(C(C)=O)Cc3c(OC)c4c(c(OC)c32)C(=O)c2ccccc2C4=O)C[C@H](C)[C@@H]1OC. The molecule has 10 nitrogen and oxygen atoms in total. The molecule has 0 spiro atoms. The molecule has 1 saturated heterocycles. The molecule has 41 heavy (non-hydrogen) atoms. The second kappa shape index (κ2) is 11.3. The van der Waals surface area contributed by atoms with Crippen LogP contribution < -0.4 is 14.8 Å². The summed E-state index contributed by atoms with van der Waals surface area (Å²) in [5.74, 6) is -0.362. The minimum Gasteiger partial charge on any atom is -0.496 e. The Labute approximate surface area is 239 Å². The zero-order chi connectivity index (χ0) is 29.6. The molecule has 0 unspecified atom stereocenters. The van der Waals surface area contributed by atoms with Crippen molar-refractivity contribution in [3.8, 4) is 11.5 Å². The van der Waals surface area contributed by atoms with Crippen molar-refractivity contribution >= 4 is 17.3 Å². The van der Waals surface area contributed by atoms with Gasteiger partial charge in [-0.05, 0) is 19.9 Å². The lowest BCUT2D eigenvalue weighted by atomic mass is 9.72. The summed E-state index contributed by atoms with van der Waals surface area (Å²) in [4.78, 5) is 40.9. The van der Waals surface area contributed by atoms with Gasteiger partial charge in [-0.2, -0.15) is 0 Å². The average Bonchev–Trinajstić information content (AvgIpc) is 2.97. The van der Waals surface area contributed by atoms with Gasteiger partial charge in [0.05, 0.1) is 37.6 Å². The highest BCUT2D eigenvalue weighted by Crippen LogP contribution is 2.53. The van der Waals surface area contributed by atoms with Gasteiger partial charge >= 0.3 is 0 Å². The van der Waals surface area contributed by atoms with Crippen molar-refractivity contribution in [2.24, 2.45) is 5.92 Å². The fraction of sp³-hybridized carbons (Fsp3) is 0.516. The summed E-state index contributed by atoms with van der Waals surface area (Å²) in [7, 11) is 7.82. The first-order chi connectivity index (χ1) is 19.7. The smallest absolute Gasteiger partial charge is 0.198 e. The number of Topliss-reactive ketones (excluding diaryl/α,β-unsaturated/α-hetero) is 1. The number of fused-ring (bicyclic) bond motifs is 3. The van der Waals surface area contributed by atoms with Gasteiger partial charge in [0.1, 0.15) is 23.3 Å². The number of rotatable bonds is 8. The van der Waals surface area contributed by atoms with Crippen LogP contribution in [0.25, 0.3) is 0 Å².